The van der Waals surface area contributed by atoms with E-state index in [1.807, 2.05) is 43.3 Å². The van der Waals surface area contributed by atoms with Crippen LogP contribution in [0.1, 0.15) is 24.0 Å². The molecule has 2 aliphatic rings. The topological polar surface area (TPSA) is 104 Å². The second-order valence-corrected chi connectivity index (χ2v) is 6.53. The van der Waals surface area contributed by atoms with Crippen molar-refractivity contribution in [1.82, 2.24) is 10.9 Å². The predicted molar refractivity (Wildman–Crippen MR) is 96.8 cm³/mol. The van der Waals surface area contributed by atoms with Crippen LogP contribution in [0, 0.1) is 5.92 Å². The smallest absolute Gasteiger partial charge is 0.326 e. The first-order valence-electron chi connectivity index (χ1n) is 8.62. The van der Waals surface area contributed by atoms with Crippen LogP contribution in [0.25, 0.3) is 0 Å². The Morgan fingerprint density at radius 3 is 2.52 bits per heavy atom. The molecule has 3 atom stereocenters. The molecule has 0 saturated carbocycles. The van der Waals surface area contributed by atoms with Crippen molar-refractivity contribution in [2.24, 2.45) is 11.7 Å². The summed E-state index contributed by atoms with van der Waals surface area (Å²) < 4.78 is 22.3. The number of rotatable bonds is 4. The zero-order valence-electron chi connectivity index (χ0n) is 15.0. The van der Waals surface area contributed by atoms with E-state index in [0.29, 0.717) is 17.2 Å². The van der Waals surface area contributed by atoms with Crippen LogP contribution in [0.3, 0.4) is 0 Å². The van der Waals surface area contributed by atoms with Gasteiger partial charge in [0.05, 0.1) is 7.11 Å². The van der Waals surface area contributed by atoms with Crippen LogP contribution in [-0.2, 0) is 0 Å². The van der Waals surface area contributed by atoms with Gasteiger partial charge in [-0.3, -0.25) is 5.43 Å². The number of carbonyl (C=O) groups is 1. The summed E-state index contributed by atoms with van der Waals surface area (Å²) in [7, 11) is 1.64. The summed E-state index contributed by atoms with van der Waals surface area (Å²) >= 11 is 0. The highest BCUT2D eigenvalue weighted by atomic mass is 16.7. The number of ether oxygens (including phenoxy) is 4. The van der Waals surface area contributed by atoms with Crippen molar-refractivity contribution >= 4 is 6.03 Å². The molecule has 0 saturated heterocycles. The molecule has 2 amide bonds. The first-order chi connectivity index (χ1) is 13.1. The average molecular weight is 371 g/mol. The third kappa shape index (κ3) is 3.19. The summed E-state index contributed by atoms with van der Waals surface area (Å²) in [6.07, 6.45) is -0.475. The minimum atomic E-state index is -0.678. The molecule has 4 N–H and O–H groups in total. The van der Waals surface area contributed by atoms with E-state index in [9.17, 15) is 4.79 Å². The molecular formula is C19H21N3O5. The fourth-order valence-electron chi connectivity index (χ4n) is 3.58. The Balaban J connectivity index is 1.75. The van der Waals surface area contributed by atoms with Crippen LogP contribution >= 0.6 is 0 Å². The largest absolute Gasteiger partial charge is 0.497 e. The van der Waals surface area contributed by atoms with E-state index in [1.54, 1.807) is 7.11 Å². The molecule has 2 heterocycles. The number of hydrogen-bond acceptors (Lipinski definition) is 6. The standard InChI is InChI=1S/C19H21N3O5/c1-10-17(11-3-5-12(24-2)6-4-11)13-7-15-16(26-9-25-15)8-14(13)27-18(10)21-22-19(20)23/h3-8,10,17-18,21H,9H2,1-2H3,(H3,20,22,23)/t10-,17+,18-/m0/s1. The van der Waals surface area contributed by atoms with Crippen LogP contribution in [0.2, 0.25) is 0 Å². The molecule has 0 aliphatic carbocycles. The number of benzene rings is 2. The number of urea groups is 1. The van der Waals surface area contributed by atoms with Crippen LogP contribution in [0.15, 0.2) is 36.4 Å². The SMILES string of the molecule is COc1ccc([C@@H]2c3cc4c(cc3O[C@H](NNC(N)=O)[C@H]2C)OCO4)cc1. The number of amides is 2. The van der Waals surface area contributed by atoms with Crippen molar-refractivity contribution < 1.29 is 23.7 Å². The van der Waals surface area contributed by atoms with Gasteiger partial charge in [0.25, 0.3) is 0 Å². The van der Waals surface area contributed by atoms with Gasteiger partial charge in [0.1, 0.15) is 11.5 Å². The summed E-state index contributed by atoms with van der Waals surface area (Å²) in [5.41, 5.74) is 12.5. The first-order valence-corrected chi connectivity index (χ1v) is 8.62. The van der Waals surface area contributed by atoms with Gasteiger partial charge < -0.3 is 24.7 Å². The normalized spacial score (nSPS) is 22.5. The Bertz CT molecular complexity index is 855. The van der Waals surface area contributed by atoms with E-state index >= 15 is 0 Å². The highest BCUT2D eigenvalue weighted by Gasteiger charge is 2.38. The van der Waals surface area contributed by atoms with Crippen LogP contribution in [0.4, 0.5) is 4.79 Å². The second-order valence-electron chi connectivity index (χ2n) is 6.53. The molecule has 2 aromatic carbocycles. The van der Waals surface area contributed by atoms with E-state index in [2.05, 4.69) is 10.9 Å². The van der Waals surface area contributed by atoms with E-state index < -0.39 is 12.3 Å². The molecular weight excluding hydrogens is 350 g/mol. The maximum atomic E-state index is 11.1. The Kier molecular flexibility index (Phi) is 4.41. The molecule has 0 aromatic heterocycles. The average Bonchev–Trinajstić information content (AvgIpc) is 3.12. The lowest BCUT2D eigenvalue weighted by Gasteiger charge is -2.38. The van der Waals surface area contributed by atoms with E-state index in [-0.39, 0.29) is 18.6 Å². The summed E-state index contributed by atoms with van der Waals surface area (Å²) in [4.78, 5) is 11.1. The Morgan fingerprint density at radius 1 is 1.15 bits per heavy atom. The quantitative estimate of drug-likeness (QED) is 0.711. The van der Waals surface area contributed by atoms with Gasteiger partial charge in [0.15, 0.2) is 17.7 Å². The fourth-order valence-corrected chi connectivity index (χ4v) is 3.58. The maximum Gasteiger partial charge on any atom is 0.326 e. The van der Waals surface area contributed by atoms with Crippen LogP contribution in [0.5, 0.6) is 23.0 Å². The third-order valence-corrected chi connectivity index (χ3v) is 4.91. The molecule has 2 aromatic rings. The number of fused-ring (bicyclic) bond motifs is 2. The molecule has 0 bridgehead atoms. The zero-order valence-corrected chi connectivity index (χ0v) is 15.0. The minimum Gasteiger partial charge on any atom is -0.497 e. The molecule has 4 rings (SSSR count). The Hall–Kier alpha value is -3.13. The minimum absolute atomic E-state index is 0.00123. The lowest BCUT2D eigenvalue weighted by molar-refractivity contribution is 0.0692. The number of hydrogen-bond donors (Lipinski definition) is 3. The van der Waals surface area contributed by atoms with Gasteiger partial charge in [-0.1, -0.05) is 19.1 Å². The highest BCUT2D eigenvalue weighted by molar-refractivity contribution is 5.71. The van der Waals surface area contributed by atoms with E-state index in [0.717, 1.165) is 16.9 Å². The molecule has 0 radical (unpaired) electrons. The number of primary amides is 1. The Morgan fingerprint density at radius 2 is 1.85 bits per heavy atom. The molecule has 27 heavy (non-hydrogen) atoms. The van der Waals surface area contributed by atoms with Crippen molar-refractivity contribution in [3.63, 3.8) is 0 Å². The predicted octanol–water partition coefficient (Wildman–Crippen LogP) is 2.08. The van der Waals surface area contributed by atoms with Crippen molar-refractivity contribution in [1.29, 1.82) is 0 Å². The van der Waals surface area contributed by atoms with Gasteiger partial charge in [-0.2, -0.15) is 5.43 Å². The molecule has 0 fully saturated rings. The van der Waals surface area contributed by atoms with Gasteiger partial charge in [-0.15, -0.1) is 0 Å². The second kappa shape index (κ2) is 6.88. The maximum absolute atomic E-state index is 11.1. The molecule has 2 aliphatic heterocycles. The van der Waals surface area contributed by atoms with Gasteiger partial charge in [0, 0.05) is 23.5 Å². The van der Waals surface area contributed by atoms with Gasteiger partial charge in [0.2, 0.25) is 6.79 Å². The highest BCUT2D eigenvalue weighted by Crippen LogP contribution is 2.48. The van der Waals surface area contributed by atoms with E-state index in [1.165, 1.54) is 0 Å². The summed E-state index contributed by atoms with van der Waals surface area (Å²) in [6, 6.07) is 11.0. The molecule has 8 heteroatoms. The van der Waals surface area contributed by atoms with E-state index in [4.69, 9.17) is 24.7 Å². The molecule has 0 unspecified atom stereocenters. The first kappa shape index (κ1) is 17.3. The number of carbonyl (C=O) groups excluding carboxylic acids is 1. The summed E-state index contributed by atoms with van der Waals surface area (Å²) in [5, 5.41) is 0. The number of nitrogens with one attached hydrogen (secondary N) is 2. The lowest BCUT2D eigenvalue weighted by Crippen LogP contribution is -2.54. The number of nitrogens with two attached hydrogens (primary N) is 1. The van der Waals surface area contributed by atoms with Gasteiger partial charge in [-0.25, -0.2) is 4.79 Å². The number of methoxy groups -OCH3 is 1. The third-order valence-electron chi connectivity index (χ3n) is 4.91. The van der Waals surface area contributed by atoms with Crippen molar-refractivity contribution in [3.8, 4) is 23.0 Å². The lowest BCUT2D eigenvalue weighted by atomic mass is 9.78. The van der Waals surface area contributed by atoms with Crippen molar-refractivity contribution in [2.75, 3.05) is 13.9 Å². The monoisotopic (exact) mass is 371 g/mol. The molecule has 8 nitrogen and oxygen atoms in total. The number of hydrazine groups is 1. The van der Waals surface area contributed by atoms with Gasteiger partial charge >= 0.3 is 6.03 Å². The zero-order chi connectivity index (χ0) is 19.0. The van der Waals surface area contributed by atoms with Crippen LogP contribution in [-0.4, -0.2) is 26.2 Å². The molecule has 142 valence electrons. The van der Waals surface area contributed by atoms with Crippen molar-refractivity contribution in [3.05, 3.63) is 47.5 Å². The summed E-state index contributed by atoms with van der Waals surface area (Å²) in [6.45, 7) is 2.23. The fraction of sp³-hybridized carbons (Fsp3) is 0.316. The van der Waals surface area contributed by atoms with Crippen molar-refractivity contribution in [2.45, 2.75) is 19.1 Å². The summed E-state index contributed by atoms with van der Waals surface area (Å²) in [5.74, 6) is 2.78. The Labute approximate surface area is 156 Å². The molecule has 0 spiro atoms. The van der Waals surface area contributed by atoms with Crippen LogP contribution < -0.4 is 35.5 Å². The van der Waals surface area contributed by atoms with Gasteiger partial charge in [-0.05, 0) is 23.8 Å².